The molecule has 7 heteroatoms. The van der Waals surface area contributed by atoms with E-state index in [1.165, 1.54) is 0 Å². The number of ether oxygens (including phenoxy) is 1. The molecule has 144 valence electrons. The summed E-state index contributed by atoms with van der Waals surface area (Å²) in [5.41, 5.74) is 1.73. The Labute approximate surface area is 172 Å². The number of nitrogens with zero attached hydrogens (tertiary/aromatic N) is 1. The van der Waals surface area contributed by atoms with Crippen molar-refractivity contribution in [2.75, 3.05) is 6.61 Å². The van der Waals surface area contributed by atoms with E-state index >= 15 is 0 Å². The van der Waals surface area contributed by atoms with E-state index in [1.54, 1.807) is 24.4 Å². The van der Waals surface area contributed by atoms with Crippen LogP contribution < -0.4 is 10.1 Å². The van der Waals surface area contributed by atoms with Gasteiger partial charge in [0.2, 0.25) is 5.91 Å². The molecule has 0 aliphatic carbocycles. The first-order valence-corrected chi connectivity index (χ1v) is 9.77. The van der Waals surface area contributed by atoms with E-state index in [0.29, 0.717) is 40.3 Å². The van der Waals surface area contributed by atoms with Crippen LogP contribution in [0.15, 0.2) is 53.1 Å². The first kappa shape index (κ1) is 18.8. The molecule has 0 bridgehead atoms. The summed E-state index contributed by atoms with van der Waals surface area (Å²) >= 11 is 12.1. The minimum atomic E-state index is -0.0500. The van der Waals surface area contributed by atoms with E-state index in [0.717, 1.165) is 17.7 Å². The van der Waals surface area contributed by atoms with Crippen LogP contribution in [0, 0.1) is 0 Å². The Hall–Kier alpha value is -2.50. The molecule has 1 atom stereocenters. The predicted octanol–water partition coefficient (Wildman–Crippen LogP) is 5.22. The number of amides is 1. The Morgan fingerprint density at radius 2 is 2.07 bits per heavy atom. The van der Waals surface area contributed by atoms with Crippen LogP contribution in [0.25, 0.3) is 11.3 Å². The summed E-state index contributed by atoms with van der Waals surface area (Å²) in [6.45, 7) is 0.590. The topological polar surface area (TPSA) is 64.4 Å². The third-order valence-corrected chi connectivity index (χ3v) is 5.16. The molecular weight excluding hydrogens is 399 g/mol. The highest BCUT2D eigenvalue weighted by Crippen LogP contribution is 2.32. The Morgan fingerprint density at radius 1 is 1.21 bits per heavy atom. The molecule has 1 amide bonds. The number of fused-ring (bicyclic) bond motifs is 1. The first-order chi connectivity index (χ1) is 13.6. The number of nitrogens with one attached hydrogen (secondary N) is 1. The van der Waals surface area contributed by atoms with Gasteiger partial charge in [-0.15, -0.1) is 0 Å². The lowest BCUT2D eigenvalue weighted by molar-refractivity contribution is -0.122. The SMILES string of the molecule is O=C(CCc1ncc(-c2ccc(Cl)cc2Cl)o1)N[C@H]1CCOc2ccccc21. The van der Waals surface area contributed by atoms with E-state index in [9.17, 15) is 4.79 Å². The zero-order chi connectivity index (χ0) is 19.5. The van der Waals surface area contributed by atoms with Gasteiger partial charge < -0.3 is 14.5 Å². The summed E-state index contributed by atoms with van der Waals surface area (Å²) in [7, 11) is 0. The molecule has 0 unspecified atom stereocenters. The normalized spacial score (nSPS) is 15.6. The number of halogens is 2. The highest BCUT2D eigenvalue weighted by molar-refractivity contribution is 6.36. The Kier molecular flexibility index (Phi) is 5.55. The summed E-state index contributed by atoms with van der Waals surface area (Å²) in [5.74, 6) is 1.82. The standard InChI is InChI=1S/C21H18Cl2N2O3/c22-13-5-6-14(16(23)11-13)19-12-24-21(28-19)8-7-20(26)25-17-9-10-27-18-4-2-1-3-15(17)18/h1-6,11-12,17H,7-10H2,(H,25,26)/t17-/m0/s1. The summed E-state index contributed by atoms with van der Waals surface area (Å²) in [6.07, 6.45) is 3.05. The molecule has 3 aromatic rings. The number of aryl methyl sites for hydroxylation is 1. The molecule has 1 aliphatic heterocycles. The third-order valence-electron chi connectivity index (χ3n) is 4.61. The average molecular weight is 417 g/mol. The van der Waals surface area contributed by atoms with E-state index in [4.69, 9.17) is 32.4 Å². The van der Waals surface area contributed by atoms with Crippen molar-refractivity contribution in [3.05, 3.63) is 70.2 Å². The van der Waals surface area contributed by atoms with Crippen LogP contribution in [0.2, 0.25) is 10.0 Å². The van der Waals surface area contributed by atoms with Gasteiger partial charge in [-0.3, -0.25) is 4.79 Å². The second-order valence-corrected chi connectivity index (χ2v) is 7.38. The number of oxazole rings is 1. The average Bonchev–Trinajstić information content (AvgIpc) is 3.15. The fourth-order valence-electron chi connectivity index (χ4n) is 3.22. The zero-order valence-corrected chi connectivity index (χ0v) is 16.5. The number of rotatable bonds is 5. The van der Waals surface area contributed by atoms with Crippen LogP contribution in [-0.4, -0.2) is 17.5 Å². The summed E-state index contributed by atoms with van der Waals surface area (Å²) in [4.78, 5) is 16.7. The molecule has 2 aromatic carbocycles. The zero-order valence-electron chi connectivity index (χ0n) is 15.0. The van der Waals surface area contributed by atoms with Crippen molar-refractivity contribution >= 4 is 29.1 Å². The molecule has 0 radical (unpaired) electrons. The first-order valence-electron chi connectivity index (χ1n) is 9.01. The lowest BCUT2D eigenvalue weighted by atomic mass is 10.0. The maximum atomic E-state index is 12.4. The van der Waals surface area contributed by atoms with E-state index < -0.39 is 0 Å². The molecule has 0 spiro atoms. The Balaban J connectivity index is 1.37. The Morgan fingerprint density at radius 3 is 2.93 bits per heavy atom. The van der Waals surface area contributed by atoms with Crippen molar-refractivity contribution in [2.45, 2.75) is 25.3 Å². The van der Waals surface area contributed by atoms with Gasteiger partial charge in [0.15, 0.2) is 11.7 Å². The molecule has 1 aromatic heterocycles. The Bertz CT molecular complexity index is 1000. The third kappa shape index (κ3) is 4.16. The van der Waals surface area contributed by atoms with Crippen LogP contribution >= 0.6 is 23.2 Å². The van der Waals surface area contributed by atoms with Gasteiger partial charge in [0.25, 0.3) is 0 Å². The summed E-state index contributed by atoms with van der Waals surface area (Å²) in [5, 5.41) is 4.12. The van der Waals surface area contributed by atoms with Crippen molar-refractivity contribution in [3.8, 4) is 17.1 Å². The van der Waals surface area contributed by atoms with Gasteiger partial charge >= 0.3 is 0 Å². The van der Waals surface area contributed by atoms with Crippen molar-refractivity contribution in [3.63, 3.8) is 0 Å². The van der Waals surface area contributed by atoms with Gasteiger partial charge in [-0.2, -0.15) is 0 Å². The summed E-state index contributed by atoms with van der Waals surface area (Å²) < 4.78 is 11.4. The smallest absolute Gasteiger partial charge is 0.220 e. The molecule has 28 heavy (non-hydrogen) atoms. The van der Waals surface area contributed by atoms with Crippen molar-refractivity contribution in [2.24, 2.45) is 0 Å². The molecule has 0 fully saturated rings. The van der Waals surface area contributed by atoms with Crippen LogP contribution in [0.1, 0.15) is 30.3 Å². The quantitative estimate of drug-likeness (QED) is 0.618. The van der Waals surface area contributed by atoms with Gasteiger partial charge in [-0.25, -0.2) is 4.98 Å². The molecule has 4 rings (SSSR count). The van der Waals surface area contributed by atoms with Crippen LogP contribution in [0.3, 0.4) is 0 Å². The van der Waals surface area contributed by atoms with Crippen LogP contribution in [-0.2, 0) is 11.2 Å². The number of carbonyl (C=O) groups is 1. The van der Waals surface area contributed by atoms with Gasteiger partial charge in [-0.1, -0.05) is 41.4 Å². The molecule has 1 aliphatic rings. The van der Waals surface area contributed by atoms with Crippen molar-refractivity contribution in [1.82, 2.24) is 10.3 Å². The number of hydrogen-bond donors (Lipinski definition) is 1. The van der Waals surface area contributed by atoms with Crippen molar-refractivity contribution < 1.29 is 13.9 Å². The van der Waals surface area contributed by atoms with Gasteiger partial charge in [0.05, 0.1) is 23.9 Å². The second-order valence-electron chi connectivity index (χ2n) is 6.54. The summed E-state index contributed by atoms with van der Waals surface area (Å²) in [6, 6.07) is 12.9. The number of benzene rings is 2. The van der Waals surface area contributed by atoms with E-state index in [-0.39, 0.29) is 18.4 Å². The molecular formula is C21H18Cl2N2O3. The van der Waals surface area contributed by atoms with Crippen LogP contribution in [0.4, 0.5) is 0 Å². The highest BCUT2D eigenvalue weighted by atomic mass is 35.5. The van der Waals surface area contributed by atoms with Gasteiger partial charge in [0.1, 0.15) is 5.75 Å². The minimum Gasteiger partial charge on any atom is -0.493 e. The number of para-hydroxylation sites is 1. The lowest BCUT2D eigenvalue weighted by Crippen LogP contribution is -2.32. The van der Waals surface area contributed by atoms with Gasteiger partial charge in [-0.05, 0) is 24.3 Å². The van der Waals surface area contributed by atoms with E-state index in [1.807, 2.05) is 24.3 Å². The molecule has 5 nitrogen and oxygen atoms in total. The number of aromatic nitrogens is 1. The fourth-order valence-corrected chi connectivity index (χ4v) is 3.72. The minimum absolute atomic E-state index is 0.0366. The number of carbonyl (C=O) groups excluding carboxylic acids is 1. The molecule has 0 saturated carbocycles. The lowest BCUT2D eigenvalue weighted by Gasteiger charge is -2.26. The van der Waals surface area contributed by atoms with E-state index in [2.05, 4.69) is 10.3 Å². The number of hydrogen-bond acceptors (Lipinski definition) is 4. The highest BCUT2D eigenvalue weighted by Gasteiger charge is 2.22. The largest absolute Gasteiger partial charge is 0.493 e. The van der Waals surface area contributed by atoms with Crippen molar-refractivity contribution in [1.29, 1.82) is 0 Å². The maximum Gasteiger partial charge on any atom is 0.220 e. The molecule has 2 heterocycles. The van der Waals surface area contributed by atoms with Gasteiger partial charge in [0, 0.05) is 35.4 Å². The fraction of sp³-hybridized carbons (Fsp3) is 0.238. The maximum absolute atomic E-state index is 12.4. The monoisotopic (exact) mass is 416 g/mol. The molecule has 0 saturated heterocycles. The van der Waals surface area contributed by atoms with Crippen LogP contribution in [0.5, 0.6) is 5.75 Å². The molecule has 1 N–H and O–H groups in total. The second kappa shape index (κ2) is 8.25. The predicted molar refractivity (Wildman–Crippen MR) is 108 cm³/mol.